The van der Waals surface area contributed by atoms with Gasteiger partial charge in [-0.25, -0.2) is 0 Å². The minimum Gasteiger partial charge on any atom is -0.391 e. The Labute approximate surface area is 47.5 Å². The van der Waals surface area contributed by atoms with Crippen molar-refractivity contribution in [2.45, 2.75) is 12.5 Å². The SMILES string of the molecule is O[C@H]1CNC(=S)C1. The number of aliphatic hydroxyl groups excluding tert-OH is 1. The highest BCUT2D eigenvalue weighted by atomic mass is 32.1. The smallest absolute Gasteiger partial charge is 0.0780 e. The fraction of sp³-hybridized carbons (Fsp3) is 0.750. The Morgan fingerprint density at radius 1 is 1.86 bits per heavy atom. The summed E-state index contributed by atoms with van der Waals surface area (Å²) in [5, 5.41) is 11.6. The zero-order valence-electron chi connectivity index (χ0n) is 3.85. The molecule has 1 aliphatic heterocycles. The van der Waals surface area contributed by atoms with Crippen LogP contribution < -0.4 is 5.32 Å². The van der Waals surface area contributed by atoms with Crippen molar-refractivity contribution in [3.63, 3.8) is 0 Å². The summed E-state index contributed by atoms with van der Waals surface area (Å²) in [4.78, 5) is 0.785. The predicted octanol–water partition coefficient (Wildman–Crippen LogP) is -0.332. The molecule has 1 heterocycles. The first-order valence-electron chi connectivity index (χ1n) is 2.24. The lowest BCUT2D eigenvalue weighted by Gasteiger charge is -1.89. The maximum atomic E-state index is 8.75. The molecule has 0 radical (unpaired) electrons. The van der Waals surface area contributed by atoms with Gasteiger partial charge < -0.3 is 10.4 Å². The first kappa shape index (κ1) is 5.00. The van der Waals surface area contributed by atoms with Crippen LogP contribution in [0, 0.1) is 0 Å². The van der Waals surface area contributed by atoms with Gasteiger partial charge in [-0.3, -0.25) is 0 Å². The number of β-amino-alcohol motifs (C(OH)–C–C–N with tert-alkyl or cyclic N) is 1. The highest BCUT2D eigenvalue weighted by Gasteiger charge is 2.13. The Bertz CT molecular complexity index is 93.7. The van der Waals surface area contributed by atoms with Crippen LogP contribution in [-0.4, -0.2) is 22.7 Å². The maximum Gasteiger partial charge on any atom is 0.0780 e. The van der Waals surface area contributed by atoms with Gasteiger partial charge in [-0.1, -0.05) is 12.2 Å². The Morgan fingerprint density at radius 2 is 2.57 bits per heavy atom. The predicted molar refractivity (Wildman–Crippen MR) is 31.2 cm³/mol. The molecule has 0 saturated carbocycles. The first-order chi connectivity index (χ1) is 3.29. The summed E-state index contributed by atoms with van der Waals surface area (Å²) < 4.78 is 0. The van der Waals surface area contributed by atoms with E-state index in [0.717, 1.165) is 4.99 Å². The van der Waals surface area contributed by atoms with Crippen molar-refractivity contribution < 1.29 is 5.11 Å². The minimum absolute atomic E-state index is 0.229. The zero-order valence-corrected chi connectivity index (χ0v) is 4.66. The molecule has 1 aliphatic rings. The third kappa shape index (κ3) is 1.11. The Kier molecular flexibility index (Phi) is 1.25. The standard InChI is InChI=1S/C4H7NOS/c6-3-1-4(7)5-2-3/h3,6H,1-2H2,(H,5,7)/t3-/m1/s1. The molecule has 1 saturated heterocycles. The number of thiocarbonyl (C=S) groups is 1. The van der Waals surface area contributed by atoms with Crippen molar-refractivity contribution in [2.75, 3.05) is 6.54 Å². The zero-order chi connectivity index (χ0) is 5.28. The van der Waals surface area contributed by atoms with E-state index in [1.54, 1.807) is 0 Å². The van der Waals surface area contributed by atoms with E-state index < -0.39 is 0 Å². The van der Waals surface area contributed by atoms with Crippen LogP contribution in [0.3, 0.4) is 0 Å². The van der Waals surface area contributed by atoms with Crippen molar-refractivity contribution in [1.29, 1.82) is 0 Å². The molecule has 1 fully saturated rings. The lowest BCUT2D eigenvalue weighted by Crippen LogP contribution is -2.13. The molecular weight excluding hydrogens is 110 g/mol. The largest absolute Gasteiger partial charge is 0.391 e. The second kappa shape index (κ2) is 1.76. The Morgan fingerprint density at radius 3 is 2.71 bits per heavy atom. The van der Waals surface area contributed by atoms with Gasteiger partial charge in [0.2, 0.25) is 0 Å². The van der Waals surface area contributed by atoms with Gasteiger partial charge in [0.1, 0.15) is 0 Å². The number of hydrogen-bond acceptors (Lipinski definition) is 2. The van der Waals surface area contributed by atoms with E-state index in [1.807, 2.05) is 0 Å². The molecule has 1 atom stereocenters. The van der Waals surface area contributed by atoms with Crippen LogP contribution in [0.2, 0.25) is 0 Å². The molecule has 2 nitrogen and oxygen atoms in total. The number of aliphatic hydroxyl groups is 1. The van der Waals surface area contributed by atoms with Crippen LogP contribution in [0.5, 0.6) is 0 Å². The average Bonchev–Trinajstić information content (AvgIpc) is 1.87. The van der Waals surface area contributed by atoms with Gasteiger partial charge in [0.15, 0.2) is 0 Å². The van der Waals surface area contributed by atoms with Crippen LogP contribution >= 0.6 is 12.2 Å². The molecule has 0 aromatic carbocycles. The molecule has 0 aliphatic carbocycles. The van der Waals surface area contributed by atoms with E-state index in [-0.39, 0.29) is 6.10 Å². The molecular formula is C4H7NOS. The van der Waals surface area contributed by atoms with E-state index in [0.29, 0.717) is 13.0 Å². The quantitative estimate of drug-likeness (QED) is 0.426. The topological polar surface area (TPSA) is 32.3 Å². The minimum atomic E-state index is -0.229. The van der Waals surface area contributed by atoms with E-state index in [1.165, 1.54) is 0 Å². The van der Waals surface area contributed by atoms with Gasteiger partial charge in [-0.15, -0.1) is 0 Å². The van der Waals surface area contributed by atoms with E-state index >= 15 is 0 Å². The Hall–Kier alpha value is -0.150. The molecule has 0 bridgehead atoms. The van der Waals surface area contributed by atoms with Crippen molar-refractivity contribution in [3.8, 4) is 0 Å². The van der Waals surface area contributed by atoms with Crippen LogP contribution in [0.25, 0.3) is 0 Å². The second-order valence-electron chi connectivity index (χ2n) is 1.66. The Balaban J connectivity index is 2.40. The van der Waals surface area contributed by atoms with Crippen molar-refractivity contribution in [2.24, 2.45) is 0 Å². The summed E-state index contributed by atoms with van der Waals surface area (Å²) in [5.41, 5.74) is 0. The highest BCUT2D eigenvalue weighted by molar-refractivity contribution is 7.80. The summed E-state index contributed by atoms with van der Waals surface area (Å²) >= 11 is 4.72. The van der Waals surface area contributed by atoms with Gasteiger partial charge in [0.05, 0.1) is 11.1 Å². The molecule has 3 heteroatoms. The monoisotopic (exact) mass is 117 g/mol. The molecule has 40 valence electrons. The fourth-order valence-corrected chi connectivity index (χ4v) is 0.866. The number of nitrogens with one attached hydrogen (secondary N) is 1. The molecule has 0 amide bonds. The average molecular weight is 117 g/mol. The van der Waals surface area contributed by atoms with E-state index in [9.17, 15) is 0 Å². The summed E-state index contributed by atoms with van der Waals surface area (Å²) in [6.07, 6.45) is 0.419. The summed E-state index contributed by atoms with van der Waals surface area (Å²) in [5.74, 6) is 0. The van der Waals surface area contributed by atoms with Crippen LogP contribution in [0.15, 0.2) is 0 Å². The van der Waals surface area contributed by atoms with Gasteiger partial charge in [0, 0.05) is 13.0 Å². The maximum absolute atomic E-state index is 8.75. The third-order valence-corrected chi connectivity index (χ3v) is 1.27. The van der Waals surface area contributed by atoms with Crippen LogP contribution in [0.1, 0.15) is 6.42 Å². The third-order valence-electron chi connectivity index (χ3n) is 0.956. The van der Waals surface area contributed by atoms with E-state index in [4.69, 9.17) is 17.3 Å². The summed E-state index contributed by atoms with van der Waals surface area (Å²) in [7, 11) is 0. The van der Waals surface area contributed by atoms with Crippen LogP contribution in [-0.2, 0) is 0 Å². The molecule has 2 N–H and O–H groups in total. The number of rotatable bonds is 0. The van der Waals surface area contributed by atoms with Crippen molar-refractivity contribution in [1.82, 2.24) is 5.32 Å². The lowest BCUT2D eigenvalue weighted by molar-refractivity contribution is 0.200. The molecule has 0 spiro atoms. The van der Waals surface area contributed by atoms with Crippen LogP contribution in [0.4, 0.5) is 0 Å². The first-order valence-corrected chi connectivity index (χ1v) is 2.64. The van der Waals surface area contributed by atoms with Crippen molar-refractivity contribution in [3.05, 3.63) is 0 Å². The molecule has 7 heavy (non-hydrogen) atoms. The fourth-order valence-electron chi connectivity index (χ4n) is 0.590. The number of hydrogen-bond donors (Lipinski definition) is 2. The van der Waals surface area contributed by atoms with Gasteiger partial charge in [0.25, 0.3) is 0 Å². The highest BCUT2D eigenvalue weighted by Crippen LogP contribution is 1.98. The molecule has 1 rings (SSSR count). The normalized spacial score (nSPS) is 30.4. The van der Waals surface area contributed by atoms with Gasteiger partial charge in [-0.2, -0.15) is 0 Å². The summed E-state index contributed by atoms with van der Waals surface area (Å²) in [6, 6.07) is 0. The van der Waals surface area contributed by atoms with E-state index in [2.05, 4.69) is 5.32 Å². The lowest BCUT2D eigenvalue weighted by atomic mass is 10.3. The second-order valence-corrected chi connectivity index (χ2v) is 2.15. The summed E-state index contributed by atoms with van der Waals surface area (Å²) in [6.45, 7) is 0.638. The van der Waals surface area contributed by atoms with Crippen molar-refractivity contribution >= 4 is 17.2 Å². The molecule has 0 unspecified atom stereocenters. The van der Waals surface area contributed by atoms with Gasteiger partial charge >= 0.3 is 0 Å². The van der Waals surface area contributed by atoms with Gasteiger partial charge in [-0.05, 0) is 0 Å². The molecule has 0 aromatic rings. The molecule has 0 aromatic heterocycles.